The number of rotatable bonds is 5. The van der Waals surface area contributed by atoms with Crippen LogP contribution in [0, 0.1) is 6.92 Å². The molecule has 0 radical (unpaired) electrons. The van der Waals surface area contributed by atoms with Crippen LogP contribution in [-0.2, 0) is 17.8 Å². The van der Waals surface area contributed by atoms with Crippen LogP contribution >= 0.6 is 0 Å². The zero-order valence-corrected chi connectivity index (χ0v) is 14.2. The van der Waals surface area contributed by atoms with Gasteiger partial charge in [-0.05, 0) is 18.6 Å². The molecule has 1 atom stereocenters. The number of carbonyl (C=O) groups is 1. The van der Waals surface area contributed by atoms with Gasteiger partial charge < -0.3 is 19.5 Å². The number of amides is 1. The summed E-state index contributed by atoms with van der Waals surface area (Å²) in [7, 11) is 0. The van der Waals surface area contributed by atoms with Crippen LogP contribution in [-0.4, -0.2) is 41.6 Å². The van der Waals surface area contributed by atoms with E-state index in [1.165, 1.54) is 0 Å². The van der Waals surface area contributed by atoms with Crippen LogP contribution in [0.2, 0.25) is 0 Å². The Balaban J connectivity index is 1.43. The van der Waals surface area contributed by atoms with Crippen molar-refractivity contribution in [3.63, 3.8) is 0 Å². The second kappa shape index (κ2) is 6.76. The lowest BCUT2D eigenvalue weighted by atomic mass is 10.1. The quantitative estimate of drug-likeness (QED) is 0.894. The summed E-state index contributed by atoms with van der Waals surface area (Å²) in [6.07, 6.45) is 0.962. The normalized spacial score (nSPS) is 18.7. The minimum Gasteiger partial charge on any atom is -0.488 e. The van der Waals surface area contributed by atoms with Gasteiger partial charge in [0.05, 0.1) is 19.8 Å². The van der Waals surface area contributed by atoms with E-state index in [2.05, 4.69) is 10.4 Å². The van der Waals surface area contributed by atoms with Gasteiger partial charge in [0, 0.05) is 24.6 Å². The first kappa shape index (κ1) is 16.0. The second-order valence-electron chi connectivity index (χ2n) is 6.34. The number of benzene rings is 1. The molecule has 1 amide bonds. The molecule has 1 N–H and O–H groups in total. The molecule has 1 unspecified atom stereocenters. The van der Waals surface area contributed by atoms with Crippen molar-refractivity contribution in [2.45, 2.75) is 32.5 Å². The highest BCUT2D eigenvalue weighted by atomic mass is 16.5. The first-order valence-electron chi connectivity index (χ1n) is 8.52. The Hall–Kier alpha value is -2.54. The molecule has 25 heavy (non-hydrogen) atoms. The third-order valence-corrected chi connectivity index (χ3v) is 4.37. The van der Waals surface area contributed by atoms with E-state index in [4.69, 9.17) is 14.2 Å². The lowest BCUT2D eigenvalue weighted by Crippen LogP contribution is -2.24. The van der Waals surface area contributed by atoms with E-state index in [-0.39, 0.29) is 12.0 Å². The Labute approximate surface area is 145 Å². The van der Waals surface area contributed by atoms with Crippen LogP contribution in [0.4, 0.5) is 0 Å². The molecular weight excluding hydrogens is 322 g/mol. The molecule has 132 valence electrons. The molecule has 1 aromatic heterocycles. The fourth-order valence-corrected chi connectivity index (χ4v) is 2.99. The average molecular weight is 343 g/mol. The summed E-state index contributed by atoms with van der Waals surface area (Å²) in [5.74, 6) is 1.22. The van der Waals surface area contributed by atoms with Crippen LogP contribution in [0.1, 0.15) is 28.0 Å². The third kappa shape index (κ3) is 3.46. The lowest BCUT2D eigenvalue weighted by Gasteiger charge is -2.16. The van der Waals surface area contributed by atoms with Gasteiger partial charge in [0.15, 0.2) is 5.69 Å². The van der Waals surface area contributed by atoms with E-state index in [0.717, 1.165) is 29.9 Å². The molecule has 2 aliphatic rings. The summed E-state index contributed by atoms with van der Waals surface area (Å²) in [4.78, 5) is 12.3. The fourth-order valence-electron chi connectivity index (χ4n) is 2.99. The van der Waals surface area contributed by atoms with E-state index in [0.29, 0.717) is 37.9 Å². The van der Waals surface area contributed by atoms with E-state index in [9.17, 15) is 4.79 Å². The number of hydrogen-bond donors (Lipinski definition) is 1. The summed E-state index contributed by atoms with van der Waals surface area (Å²) < 4.78 is 18.5. The van der Waals surface area contributed by atoms with Crippen molar-refractivity contribution < 1.29 is 19.0 Å². The van der Waals surface area contributed by atoms with Crippen LogP contribution in [0.15, 0.2) is 24.3 Å². The highest BCUT2D eigenvalue weighted by Gasteiger charge is 2.21. The van der Waals surface area contributed by atoms with Gasteiger partial charge >= 0.3 is 0 Å². The number of fused-ring (bicyclic) bond motifs is 1. The van der Waals surface area contributed by atoms with Crippen LogP contribution in [0.25, 0.3) is 0 Å². The maximum atomic E-state index is 12.3. The topological polar surface area (TPSA) is 74.6 Å². The molecule has 2 aliphatic heterocycles. The molecule has 0 saturated carbocycles. The Morgan fingerprint density at radius 2 is 2.32 bits per heavy atom. The zero-order valence-electron chi connectivity index (χ0n) is 14.2. The smallest absolute Gasteiger partial charge is 0.272 e. The van der Waals surface area contributed by atoms with Crippen molar-refractivity contribution in [3.8, 4) is 11.6 Å². The minimum absolute atomic E-state index is 0.0736. The van der Waals surface area contributed by atoms with Gasteiger partial charge in [-0.15, -0.1) is 0 Å². The van der Waals surface area contributed by atoms with E-state index in [1.54, 1.807) is 10.7 Å². The minimum atomic E-state index is -0.221. The SMILES string of the molecule is Cc1ccc(CNC(=O)c2cc3n(n2)CCO3)c(OC2CCOC2)c1. The molecular formula is C18H21N3O4. The molecule has 0 aliphatic carbocycles. The van der Waals surface area contributed by atoms with Gasteiger partial charge in [-0.2, -0.15) is 5.10 Å². The summed E-state index contributed by atoms with van der Waals surface area (Å²) in [6.45, 7) is 5.04. The van der Waals surface area contributed by atoms with Crippen molar-refractivity contribution in [2.75, 3.05) is 19.8 Å². The Morgan fingerprint density at radius 3 is 3.12 bits per heavy atom. The predicted molar refractivity (Wildman–Crippen MR) is 89.9 cm³/mol. The number of aryl methyl sites for hydroxylation is 1. The number of carbonyl (C=O) groups excluding carboxylic acids is 1. The largest absolute Gasteiger partial charge is 0.488 e. The fraction of sp³-hybridized carbons (Fsp3) is 0.444. The van der Waals surface area contributed by atoms with Crippen molar-refractivity contribution in [1.82, 2.24) is 15.1 Å². The lowest BCUT2D eigenvalue weighted by molar-refractivity contribution is 0.0944. The first-order valence-corrected chi connectivity index (χ1v) is 8.52. The van der Waals surface area contributed by atoms with Crippen LogP contribution < -0.4 is 14.8 Å². The molecule has 1 saturated heterocycles. The van der Waals surface area contributed by atoms with Crippen LogP contribution in [0.3, 0.4) is 0 Å². The van der Waals surface area contributed by atoms with Crippen molar-refractivity contribution in [2.24, 2.45) is 0 Å². The average Bonchev–Trinajstić information content (AvgIpc) is 3.30. The van der Waals surface area contributed by atoms with Gasteiger partial charge in [0.2, 0.25) is 5.88 Å². The second-order valence-corrected chi connectivity index (χ2v) is 6.34. The highest BCUT2D eigenvalue weighted by molar-refractivity contribution is 5.92. The molecule has 3 heterocycles. The summed E-state index contributed by atoms with van der Waals surface area (Å²) >= 11 is 0. The maximum absolute atomic E-state index is 12.3. The molecule has 2 aromatic rings. The maximum Gasteiger partial charge on any atom is 0.272 e. The molecule has 1 fully saturated rings. The monoisotopic (exact) mass is 343 g/mol. The van der Waals surface area contributed by atoms with E-state index in [1.807, 2.05) is 25.1 Å². The Bertz CT molecular complexity index is 759. The van der Waals surface area contributed by atoms with Crippen molar-refractivity contribution in [3.05, 3.63) is 41.1 Å². The number of nitrogens with one attached hydrogen (secondary N) is 1. The molecule has 7 nitrogen and oxygen atoms in total. The van der Waals surface area contributed by atoms with Gasteiger partial charge in [0.1, 0.15) is 18.5 Å². The molecule has 4 rings (SSSR count). The summed E-state index contributed by atoms with van der Waals surface area (Å²) in [6, 6.07) is 7.67. The Morgan fingerprint density at radius 1 is 1.40 bits per heavy atom. The van der Waals surface area contributed by atoms with Crippen LogP contribution in [0.5, 0.6) is 11.6 Å². The van der Waals surface area contributed by atoms with Crippen molar-refractivity contribution in [1.29, 1.82) is 0 Å². The Kier molecular flexibility index (Phi) is 4.31. The molecule has 1 aromatic carbocycles. The third-order valence-electron chi connectivity index (χ3n) is 4.37. The van der Waals surface area contributed by atoms with E-state index < -0.39 is 0 Å². The number of aromatic nitrogens is 2. The molecule has 0 spiro atoms. The molecule has 0 bridgehead atoms. The van der Waals surface area contributed by atoms with E-state index >= 15 is 0 Å². The first-order chi connectivity index (χ1) is 12.2. The van der Waals surface area contributed by atoms with Gasteiger partial charge in [-0.1, -0.05) is 12.1 Å². The van der Waals surface area contributed by atoms with Gasteiger partial charge in [0.25, 0.3) is 5.91 Å². The number of hydrogen-bond acceptors (Lipinski definition) is 5. The van der Waals surface area contributed by atoms with Crippen molar-refractivity contribution >= 4 is 5.91 Å². The number of ether oxygens (including phenoxy) is 3. The number of nitrogens with zero attached hydrogens (tertiary/aromatic N) is 2. The molecule has 7 heteroatoms. The standard InChI is InChI=1S/C18H21N3O4/c1-12-2-3-13(16(8-12)25-14-4-6-23-11-14)10-19-18(22)15-9-17-21(20-15)5-7-24-17/h2-3,8-9,14H,4-7,10-11H2,1H3,(H,19,22). The highest BCUT2D eigenvalue weighted by Crippen LogP contribution is 2.24. The van der Waals surface area contributed by atoms with Gasteiger partial charge in [-0.25, -0.2) is 4.68 Å². The summed E-state index contributed by atoms with van der Waals surface area (Å²) in [5.41, 5.74) is 2.42. The predicted octanol–water partition coefficient (Wildman–Crippen LogP) is 1.68. The van der Waals surface area contributed by atoms with Gasteiger partial charge in [-0.3, -0.25) is 4.79 Å². The zero-order chi connectivity index (χ0) is 17.2. The summed E-state index contributed by atoms with van der Waals surface area (Å²) in [5, 5.41) is 7.16.